The Morgan fingerprint density at radius 3 is 1.35 bits per heavy atom. The minimum atomic E-state index is -0.103. The third kappa shape index (κ3) is 3.76. The quantitative estimate of drug-likeness (QED) is 0.272. The second-order valence-corrected chi connectivity index (χ2v) is 10.9. The Kier molecular flexibility index (Phi) is 5.46. The van der Waals surface area contributed by atoms with Gasteiger partial charge in [0.2, 0.25) is 0 Å². The van der Waals surface area contributed by atoms with Crippen LogP contribution in [0.2, 0.25) is 0 Å². The van der Waals surface area contributed by atoms with Crippen molar-refractivity contribution in [2.45, 2.75) is 6.42 Å². The van der Waals surface area contributed by atoms with Crippen molar-refractivity contribution in [3.05, 3.63) is 129 Å². The first kappa shape index (κ1) is 25.0. The summed E-state index contributed by atoms with van der Waals surface area (Å²) >= 11 is 0. The van der Waals surface area contributed by atoms with Crippen LogP contribution in [0.25, 0.3) is 66.6 Å². The summed E-state index contributed by atoms with van der Waals surface area (Å²) in [6.07, 6.45) is 0.504. The SMILES string of the molecule is Cn1c(-c2[nH]c3ccccc3c2Cc2c(-c3nc4ccccc4c(=O)n3C)[nH]c3ccccc23)nc2ccccc2c1=O. The Morgan fingerprint density at radius 2 is 0.907 bits per heavy atom. The monoisotopic (exact) mass is 562 g/mol. The molecule has 0 atom stereocenters. The molecule has 8 rings (SSSR count). The van der Waals surface area contributed by atoms with Gasteiger partial charge < -0.3 is 9.97 Å². The van der Waals surface area contributed by atoms with Crippen LogP contribution < -0.4 is 11.1 Å². The molecular weight excluding hydrogens is 536 g/mol. The van der Waals surface area contributed by atoms with Gasteiger partial charge in [-0.15, -0.1) is 0 Å². The number of nitrogens with zero attached hydrogens (tertiary/aromatic N) is 4. The summed E-state index contributed by atoms with van der Waals surface area (Å²) in [5.41, 5.74) is 6.56. The van der Waals surface area contributed by atoms with Crippen molar-refractivity contribution < 1.29 is 0 Å². The predicted molar refractivity (Wildman–Crippen MR) is 171 cm³/mol. The molecule has 0 aliphatic rings. The summed E-state index contributed by atoms with van der Waals surface area (Å²) < 4.78 is 3.22. The smallest absolute Gasteiger partial charge is 0.261 e. The van der Waals surface area contributed by atoms with Crippen LogP contribution in [-0.4, -0.2) is 29.1 Å². The Labute approximate surface area is 244 Å². The number of aromatic amines is 2. The highest BCUT2D eigenvalue weighted by Gasteiger charge is 2.23. The summed E-state index contributed by atoms with van der Waals surface area (Å²) in [6, 6.07) is 31.1. The molecule has 8 nitrogen and oxygen atoms in total. The van der Waals surface area contributed by atoms with Crippen molar-refractivity contribution in [2.75, 3.05) is 0 Å². The number of nitrogens with one attached hydrogen (secondary N) is 2. The van der Waals surface area contributed by atoms with Gasteiger partial charge in [0.1, 0.15) is 0 Å². The highest BCUT2D eigenvalue weighted by atomic mass is 16.1. The molecule has 0 spiro atoms. The average Bonchev–Trinajstić information content (AvgIpc) is 3.59. The van der Waals surface area contributed by atoms with Gasteiger partial charge in [0.05, 0.1) is 33.2 Å². The molecule has 0 saturated carbocycles. The van der Waals surface area contributed by atoms with E-state index in [0.29, 0.717) is 39.9 Å². The number of rotatable bonds is 4. The number of benzene rings is 4. The van der Waals surface area contributed by atoms with E-state index in [2.05, 4.69) is 22.1 Å². The molecule has 0 fully saturated rings. The number of hydrogen-bond donors (Lipinski definition) is 2. The number of para-hydroxylation sites is 4. The van der Waals surface area contributed by atoms with Crippen molar-refractivity contribution in [2.24, 2.45) is 14.1 Å². The molecule has 0 bridgehead atoms. The van der Waals surface area contributed by atoms with Gasteiger partial charge in [0.25, 0.3) is 11.1 Å². The molecule has 0 radical (unpaired) electrons. The van der Waals surface area contributed by atoms with E-state index >= 15 is 0 Å². The van der Waals surface area contributed by atoms with Gasteiger partial charge in [0, 0.05) is 42.3 Å². The zero-order valence-corrected chi connectivity index (χ0v) is 23.6. The lowest BCUT2D eigenvalue weighted by Crippen LogP contribution is -2.21. The molecule has 208 valence electrons. The van der Waals surface area contributed by atoms with E-state index in [1.54, 1.807) is 35.4 Å². The molecule has 0 aliphatic heterocycles. The Morgan fingerprint density at radius 1 is 0.535 bits per heavy atom. The maximum atomic E-state index is 13.4. The van der Waals surface area contributed by atoms with E-state index in [0.717, 1.165) is 44.3 Å². The van der Waals surface area contributed by atoms with Gasteiger partial charge in [-0.1, -0.05) is 60.7 Å². The molecular formula is C35H26N6O2. The number of hydrogen-bond acceptors (Lipinski definition) is 4. The second-order valence-electron chi connectivity index (χ2n) is 10.9. The third-order valence-corrected chi connectivity index (χ3v) is 8.39. The summed E-state index contributed by atoms with van der Waals surface area (Å²) in [6.45, 7) is 0. The van der Waals surface area contributed by atoms with Crippen molar-refractivity contribution in [1.82, 2.24) is 29.1 Å². The van der Waals surface area contributed by atoms with E-state index < -0.39 is 0 Å². The lowest BCUT2D eigenvalue weighted by atomic mass is 9.98. The summed E-state index contributed by atoms with van der Waals surface area (Å²) in [4.78, 5) is 43.9. The van der Waals surface area contributed by atoms with Gasteiger partial charge in [-0.25, -0.2) is 9.97 Å². The number of aromatic nitrogens is 6. The Balaban J connectivity index is 1.41. The number of fused-ring (bicyclic) bond motifs is 4. The van der Waals surface area contributed by atoms with Crippen LogP contribution in [0.4, 0.5) is 0 Å². The summed E-state index contributed by atoms with van der Waals surface area (Å²) in [7, 11) is 3.52. The molecule has 4 aromatic heterocycles. The first-order valence-electron chi connectivity index (χ1n) is 14.1. The molecule has 8 heteroatoms. The first-order chi connectivity index (χ1) is 21.0. The van der Waals surface area contributed by atoms with Gasteiger partial charge in [-0.2, -0.15) is 0 Å². The molecule has 0 amide bonds. The highest BCUT2D eigenvalue weighted by molar-refractivity contribution is 5.95. The first-order valence-corrected chi connectivity index (χ1v) is 14.1. The summed E-state index contributed by atoms with van der Waals surface area (Å²) in [5, 5.41) is 3.23. The standard InChI is InChI=1S/C35H26N6O2/c1-40-32(38-28-17-9-5-13-22(28)34(40)42)30-24(20-11-3-7-15-26(20)36-30)19-25-21-12-4-8-16-27(21)37-31(25)33-39-29-18-10-6-14-23(29)35(43)41(33)2/h3-18,36-37H,19H2,1-2H3. The van der Waals surface area contributed by atoms with E-state index in [4.69, 9.17) is 9.97 Å². The van der Waals surface area contributed by atoms with Crippen LogP contribution in [-0.2, 0) is 20.5 Å². The van der Waals surface area contributed by atoms with Crippen molar-refractivity contribution in [1.29, 1.82) is 0 Å². The maximum Gasteiger partial charge on any atom is 0.261 e. The second kappa shape index (κ2) is 9.39. The van der Waals surface area contributed by atoms with E-state index in [1.165, 1.54) is 0 Å². The minimum Gasteiger partial charge on any atom is -0.352 e. The van der Waals surface area contributed by atoms with Crippen LogP contribution in [0.1, 0.15) is 11.1 Å². The van der Waals surface area contributed by atoms with E-state index in [-0.39, 0.29) is 11.1 Å². The van der Waals surface area contributed by atoms with Crippen LogP contribution in [0.5, 0.6) is 0 Å². The number of H-pyrrole nitrogens is 2. The molecule has 0 aliphatic carbocycles. The Bertz CT molecular complexity index is 2340. The average molecular weight is 563 g/mol. The highest BCUT2D eigenvalue weighted by Crippen LogP contribution is 2.37. The normalized spacial score (nSPS) is 11.8. The van der Waals surface area contributed by atoms with Crippen LogP contribution in [0.3, 0.4) is 0 Å². The van der Waals surface area contributed by atoms with Gasteiger partial charge >= 0.3 is 0 Å². The zero-order valence-electron chi connectivity index (χ0n) is 23.6. The lowest BCUT2D eigenvalue weighted by Gasteiger charge is -2.13. The third-order valence-electron chi connectivity index (χ3n) is 8.39. The molecule has 2 N–H and O–H groups in total. The van der Waals surface area contributed by atoms with Crippen molar-refractivity contribution in [3.63, 3.8) is 0 Å². The van der Waals surface area contributed by atoms with Crippen LogP contribution in [0, 0.1) is 0 Å². The molecule has 4 heterocycles. The topological polar surface area (TPSA) is 101 Å². The van der Waals surface area contributed by atoms with Crippen LogP contribution >= 0.6 is 0 Å². The summed E-state index contributed by atoms with van der Waals surface area (Å²) in [5.74, 6) is 1.13. The van der Waals surface area contributed by atoms with Crippen LogP contribution in [0.15, 0.2) is 107 Å². The maximum absolute atomic E-state index is 13.4. The van der Waals surface area contributed by atoms with Gasteiger partial charge in [-0.3, -0.25) is 18.7 Å². The minimum absolute atomic E-state index is 0.103. The van der Waals surface area contributed by atoms with Gasteiger partial charge in [0.15, 0.2) is 11.6 Å². The lowest BCUT2D eigenvalue weighted by molar-refractivity contribution is 0.847. The largest absolute Gasteiger partial charge is 0.352 e. The fourth-order valence-corrected chi connectivity index (χ4v) is 6.21. The van der Waals surface area contributed by atoms with E-state index in [1.807, 2.05) is 72.8 Å². The molecule has 4 aromatic carbocycles. The molecule has 8 aromatic rings. The molecule has 0 saturated heterocycles. The fourth-order valence-electron chi connectivity index (χ4n) is 6.21. The predicted octanol–water partition coefficient (Wildman–Crippen LogP) is 6.07. The Hall–Kier alpha value is -5.76. The zero-order chi connectivity index (χ0) is 29.2. The van der Waals surface area contributed by atoms with Crippen molar-refractivity contribution >= 4 is 43.6 Å². The van der Waals surface area contributed by atoms with Gasteiger partial charge in [-0.05, 0) is 47.5 Å². The van der Waals surface area contributed by atoms with E-state index in [9.17, 15) is 9.59 Å². The molecule has 43 heavy (non-hydrogen) atoms. The van der Waals surface area contributed by atoms with Crippen molar-refractivity contribution in [3.8, 4) is 23.0 Å². The fraction of sp³-hybridized carbons (Fsp3) is 0.0857. The molecule has 0 unspecified atom stereocenters.